The third kappa shape index (κ3) is 5.34. The van der Waals surface area contributed by atoms with Crippen molar-refractivity contribution >= 4 is 0 Å². The topological polar surface area (TPSA) is 33.7 Å². The molecule has 1 heterocycles. The summed E-state index contributed by atoms with van der Waals surface area (Å²) >= 11 is 0. The van der Waals surface area contributed by atoms with E-state index in [4.69, 9.17) is 9.47 Å². The fourth-order valence-corrected chi connectivity index (χ4v) is 2.39. The Kier molecular flexibility index (Phi) is 7.04. The molecule has 3 unspecified atom stereocenters. The van der Waals surface area contributed by atoms with E-state index < -0.39 is 0 Å². The maximum absolute atomic E-state index is 5.52. The van der Waals surface area contributed by atoms with Crippen LogP contribution in [-0.4, -0.2) is 64.1 Å². The summed E-state index contributed by atoms with van der Waals surface area (Å²) in [6.45, 7) is 9.59. The molecule has 0 aromatic rings. The van der Waals surface area contributed by atoms with Gasteiger partial charge in [0.25, 0.3) is 0 Å². The number of nitrogens with zero attached hydrogens (tertiary/aromatic N) is 1. The Hall–Kier alpha value is -0.160. The molecule has 4 heteroatoms. The van der Waals surface area contributed by atoms with Gasteiger partial charge >= 0.3 is 0 Å². The van der Waals surface area contributed by atoms with Crippen molar-refractivity contribution < 1.29 is 9.47 Å². The molecule has 3 atom stereocenters. The Balaban J connectivity index is 2.15. The fraction of sp³-hybridized carbons (Fsp3) is 1.00. The van der Waals surface area contributed by atoms with Crippen molar-refractivity contribution in [2.75, 3.05) is 47.0 Å². The van der Waals surface area contributed by atoms with Crippen molar-refractivity contribution in [2.24, 2.45) is 5.92 Å². The Labute approximate surface area is 106 Å². The smallest absolute Gasteiger partial charge is 0.0724 e. The lowest BCUT2D eigenvalue weighted by Gasteiger charge is -2.36. The van der Waals surface area contributed by atoms with Crippen molar-refractivity contribution in [3.8, 4) is 0 Å². The maximum Gasteiger partial charge on any atom is 0.0724 e. The van der Waals surface area contributed by atoms with Crippen LogP contribution in [0.4, 0.5) is 0 Å². The average molecular weight is 244 g/mol. The van der Waals surface area contributed by atoms with E-state index >= 15 is 0 Å². The Morgan fingerprint density at radius 1 is 1.41 bits per heavy atom. The largest absolute Gasteiger partial charge is 0.383 e. The first-order valence-electron chi connectivity index (χ1n) is 6.64. The monoisotopic (exact) mass is 244 g/mol. The number of methoxy groups -OCH3 is 2. The first-order valence-corrected chi connectivity index (χ1v) is 6.64. The van der Waals surface area contributed by atoms with Gasteiger partial charge in [0.2, 0.25) is 0 Å². The Morgan fingerprint density at radius 2 is 2.18 bits per heavy atom. The number of ether oxygens (including phenoxy) is 2. The van der Waals surface area contributed by atoms with Gasteiger partial charge in [0.05, 0.1) is 12.7 Å². The molecular weight excluding hydrogens is 216 g/mol. The maximum atomic E-state index is 5.52. The minimum atomic E-state index is 0.403. The molecule has 4 nitrogen and oxygen atoms in total. The van der Waals surface area contributed by atoms with Crippen LogP contribution in [0.2, 0.25) is 0 Å². The molecule has 1 saturated heterocycles. The number of hydrogen-bond acceptors (Lipinski definition) is 4. The van der Waals surface area contributed by atoms with Crippen molar-refractivity contribution in [1.29, 1.82) is 0 Å². The quantitative estimate of drug-likeness (QED) is 0.723. The Morgan fingerprint density at radius 3 is 2.82 bits per heavy atom. The van der Waals surface area contributed by atoms with Gasteiger partial charge in [-0.2, -0.15) is 0 Å². The van der Waals surface area contributed by atoms with E-state index in [2.05, 4.69) is 24.1 Å². The van der Waals surface area contributed by atoms with Gasteiger partial charge in [-0.25, -0.2) is 0 Å². The summed E-state index contributed by atoms with van der Waals surface area (Å²) in [4.78, 5) is 2.49. The first-order chi connectivity index (χ1) is 8.17. The lowest BCUT2D eigenvalue weighted by Crippen LogP contribution is -2.47. The van der Waals surface area contributed by atoms with E-state index in [0.717, 1.165) is 26.2 Å². The molecule has 1 N–H and O–H groups in total. The number of piperidine rings is 1. The summed E-state index contributed by atoms with van der Waals surface area (Å²) in [5.41, 5.74) is 0. The lowest BCUT2D eigenvalue weighted by atomic mass is 9.96. The molecule has 0 bridgehead atoms. The first kappa shape index (κ1) is 14.9. The summed E-state index contributed by atoms with van der Waals surface area (Å²) in [7, 11) is 3.57. The highest BCUT2D eigenvalue weighted by molar-refractivity contribution is 4.79. The van der Waals surface area contributed by atoms with Gasteiger partial charge in [-0.1, -0.05) is 6.92 Å². The zero-order valence-corrected chi connectivity index (χ0v) is 11.7. The SMILES string of the molecule is COCC(C)NCCN1CCC(C)C(OC)C1. The van der Waals surface area contributed by atoms with Crippen molar-refractivity contribution in [1.82, 2.24) is 10.2 Å². The lowest BCUT2D eigenvalue weighted by molar-refractivity contribution is -0.00470. The molecule has 17 heavy (non-hydrogen) atoms. The van der Waals surface area contributed by atoms with E-state index in [-0.39, 0.29) is 0 Å². The third-order valence-electron chi connectivity index (χ3n) is 3.61. The second-order valence-corrected chi connectivity index (χ2v) is 5.15. The highest BCUT2D eigenvalue weighted by atomic mass is 16.5. The minimum Gasteiger partial charge on any atom is -0.383 e. The van der Waals surface area contributed by atoms with Gasteiger partial charge in [0.15, 0.2) is 0 Å². The molecule has 1 aliphatic rings. The highest BCUT2D eigenvalue weighted by Gasteiger charge is 2.25. The molecular formula is C13H28N2O2. The molecule has 1 fully saturated rings. The number of nitrogens with one attached hydrogen (secondary N) is 1. The molecule has 1 rings (SSSR count). The van der Waals surface area contributed by atoms with E-state index in [1.54, 1.807) is 7.11 Å². The van der Waals surface area contributed by atoms with Gasteiger partial charge in [-0.15, -0.1) is 0 Å². The summed E-state index contributed by atoms with van der Waals surface area (Å²) in [5.74, 6) is 0.691. The highest BCUT2D eigenvalue weighted by Crippen LogP contribution is 2.18. The molecule has 0 spiro atoms. The normalized spacial score (nSPS) is 28.2. The van der Waals surface area contributed by atoms with Crippen LogP contribution in [0.15, 0.2) is 0 Å². The van der Waals surface area contributed by atoms with Gasteiger partial charge in [0, 0.05) is 39.9 Å². The van der Waals surface area contributed by atoms with Gasteiger partial charge in [0.1, 0.15) is 0 Å². The van der Waals surface area contributed by atoms with Crippen LogP contribution < -0.4 is 5.32 Å². The third-order valence-corrected chi connectivity index (χ3v) is 3.61. The molecule has 0 radical (unpaired) electrons. The van der Waals surface area contributed by atoms with Gasteiger partial charge in [-0.05, 0) is 25.8 Å². The molecule has 0 saturated carbocycles. The summed E-state index contributed by atoms with van der Waals surface area (Å²) in [5, 5.41) is 3.47. The molecule has 0 aromatic carbocycles. The zero-order valence-electron chi connectivity index (χ0n) is 11.7. The van der Waals surface area contributed by atoms with E-state index in [0.29, 0.717) is 18.1 Å². The minimum absolute atomic E-state index is 0.403. The van der Waals surface area contributed by atoms with Crippen LogP contribution in [0, 0.1) is 5.92 Å². The van der Waals surface area contributed by atoms with Crippen LogP contribution in [-0.2, 0) is 9.47 Å². The molecule has 0 amide bonds. The molecule has 1 aliphatic heterocycles. The Bertz CT molecular complexity index is 202. The van der Waals surface area contributed by atoms with Crippen molar-refractivity contribution in [3.05, 3.63) is 0 Å². The number of hydrogen-bond donors (Lipinski definition) is 1. The number of rotatable bonds is 7. The molecule has 0 aromatic heterocycles. The standard InChI is InChI=1S/C13H28N2O2/c1-11-5-7-15(9-13(11)17-4)8-6-14-12(2)10-16-3/h11-14H,5-10H2,1-4H3. The van der Waals surface area contributed by atoms with E-state index in [9.17, 15) is 0 Å². The predicted octanol–water partition coefficient (Wildman–Crippen LogP) is 0.968. The van der Waals surface area contributed by atoms with Crippen molar-refractivity contribution in [2.45, 2.75) is 32.4 Å². The van der Waals surface area contributed by atoms with Gasteiger partial charge < -0.3 is 14.8 Å². The average Bonchev–Trinajstić information content (AvgIpc) is 2.31. The second kappa shape index (κ2) is 8.03. The van der Waals surface area contributed by atoms with E-state index in [1.807, 2.05) is 7.11 Å². The van der Waals surface area contributed by atoms with Gasteiger partial charge in [-0.3, -0.25) is 4.90 Å². The van der Waals surface area contributed by atoms with Crippen LogP contribution in [0.5, 0.6) is 0 Å². The molecule has 0 aliphatic carbocycles. The zero-order chi connectivity index (χ0) is 12.7. The van der Waals surface area contributed by atoms with Crippen LogP contribution in [0.1, 0.15) is 20.3 Å². The van der Waals surface area contributed by atoms with Crippen LogP contribution in [0.3, 0.4) is 0 Å². The fourth-order valence-electron chi connectivity index (χ4n) is 2.39. The predicted molar refractivity (Wildman–Crippen MR) is 70.4 cm³/mol. The molecule has 102 valence electrons. The summed E-state index contributed by atoms with van der Waals surface area (Å²) < 4.78 is 10.6. The number of likely N-dealkylation sites (tertiary alicyclic amines) is 1. The summed E-state index contributed by atoms with van der Waals surface area (Å²) in [6.07, 6.45) is 1.65. The van der Waals surface area contributed by atoms with E-state index in [1.165, 1.54) is 13.0 Å². The summed E-state index contributed by atoms with van der Waals surface area (Å²) in [6, 6.07) is 0.432. The van der Waals surface area contributed by atoms with Crippen LogP contribution in [0.25, 0.3) is 0 Å². The van der Waals surface area contributed by atoms with Crippen molar-refractivity contribution in [3.63, 3.8) is 0 Å². The van der Waals surface area contributed by atoms with Crippen LogP contribution >= 0.6 is 0 Å². The second-order valence-electron chi connectivity index (χ2n) is 5.15.